The van der Waals surface area contributed by atoms with Crippen molar-refractivity contribution in [1.29, 1.82) is 0 Å². The number of carbonyl (C=O) groups is 1. The molecule has 174 valence electrons. The molecule has 0 radical (unpaired) electrons. The number of aromatic carboxylic acids is 1. The second-order valence-corrected chi connectivity index (χ2v) is 11.8. The zero-order chi connectivity index (χ0) is 22.5. The van der Waals surface area contributed by atoms with Gasteiger partial charge in [0.15, 0.2) is 0 Å². The van der Waals surface area contributed by atoms with Crippen molar-refractivity contribution in [2.24, 2.45) is 11.8 Å². The molecule has 2 aliphatic heterocycles. The highest BCUT2D eigenvalue weighted by atomic mass is 16.4. The van der Waals surface area contributed by atoms with Crippen molar-refractivity contribution < 1.29 is 15.0 Å². The fourth-order valence-electron chi connectivity index (χ4n) is 9.26. The first kappa shape index (κ1) is 20.2. The van der Waals surface area contributed by atoms with Gasteiger partial charge in [-0.2, -0.15) is 0 Å². The quantitative estimate of drug-likeness (QED) is 0.746. The number of hydrogen-bond acceptors (Lipinski definition) is 5. The molecule has 2 saturated heterocycles. The molecule has 4 aliphatic carbocycles. The molecule has 6 fully saturated rings. The van der Waals surface area contributed by atoms with Gasteiger partial charge >= 0.3 is 5.97 Å². The maximum Gasteiger partial charge on any atom is 0.360 e. The number of nitrogens with zero attached hydrogens (tertiary/aromatic N) is 3. The van der Waals surface area contributed by atoms with Crippen LogP contribution in [0.15, 0.2) is 29.1 Å². The normalized spacial score (nSPS) is 41.7. The number of piperidine rings is 1. The second kappa shape index (κ2) is 6.66. The summed E-state index contributed by atoms with van der Waals surface area (Å²) in [5, 5.41) is 20.9. The number of para-hydroxylation sites is 2. The van der Waals surface area contributed by atoms with Gasteiger partial charge in [-0.3, -0.25) is 9.69 Å². The van der Waals surface area contributed by atoms with Gasteiger partial charge < -0.3 is 14.8 Å². The number of aromatic nitrogens is 2. The van der Waals surface area contributed by atoms with Crippen LogP contribution in [0.3, 0.4) is 0 Å². The van der Waals surface area contributed by atoms with Gasteiger partial charge in [-0.1, -0.05) is 12.1 Å². The van der Waals surface area contributed by atoms with Crippen LogP contribution in [0.4, 0.5) is 0 Å². The lowest BCUT2D eigenvalue weighted by molar-refractivity contribution is -0.190. The molecule has 6 aliphatic rings. The molecule has 2 N–H and O–H groups in total. The van der Waals surface area contributed by atoms with Gasteiger partial charge in [0.2, 0.25) is 5.69 Å². The van der Waals surface area contributed by atoms with E-state index in [0.29, 0.717) is 29.4 Å². The zero-order valence-corrected chi connectivity index (χ0v) is 18.8. The first-order valence-corrected chi connectivity index (χ1v) is 12.6. The zero-order valence-electron chi connectivity index (χ0n) is 18.8. The number of carboxylic acids is 1. The van der Waals surface area contributed by atoms with Crippen molar-refractivity contribution in [3.63, 3.8) is 0 Å². The molecule has 1 aromatic heterocycles. The summed E-state index contributed by atoms with van der Waals surface area (Å²) in [6.45, 7) is 0. The fraction of sp³-hybridized carbons (Fsp3) is 0.654. The van der Waals surface area contributed by atoms with Crippen LogP contribution in [0.1, 0.15) is 80.7 Å². The third kappa shape index (κ3) is 2.84. The van der Waals surface area contributed by atoms with Crippen molar-refractivity contribution in [2.45, 2.75) is 93.5 Å². The van der Waals surface area contributed by atoms with Crippen molar-refractivity contribution in [3.05, 3.63) is 40.3 Å². The topological polar surface area (TPSA) is 95.7 Å². The summed E-state index contributed by atoms with van der Waals surface area (Å²) in [5.74, 6) is 0.0400. The standard InChI is InChI=1S/C26H31N3O4/c30-23-22(24(31)32)27-20-3-1-2-4-21(20)28(23)19-8-17-5-6-18(9-19)29(17)25-10-15-7-16(11-25)13-26(33,12-15)14-25/h1-4,15-19,33H,5-14H2,(H,31,32)/t15-,16+,17-,18+,19?,25?,26?. The maximum atomic E-state index is 13.3. The van der Waals surface area contributed by atoms with E-state index in [-0.39, 0.29) is 17.3 Å². The Labute approximate surface area is 192 Å². The van der Waals surface area contributed by atoms with Crippen LogP contribution >= 0.6 is 0 Å². The Hall–Kier alpha value is -2.25. The number of aliphatic hydroxyl groups is 1. The Morgan fingerprint density at radius 2 is 1.64 bits per heavy atom. The summed E-state index contributed by atoms with van der Waals surface area (Å²) in [6.07, 6.45) is 10.5. The summed E-state index contributed by atoms with van der Waals surface area (Å²) in [4.78, 5) is 32.0. The average Bonchev–Trinajstić information content (AvgIpc) is 3.03. The van der Waals surface area contributed by atoms with E-state index in [9.17, 15) is 19.8 Å². The summed E-state index contributed by atoms with van der Waals surface area (Å²) < 4.78 is 1.74. The molecule has 7 atom stereocenters. The molecule has 8 rings (SSSR count). The Bertz CT molecular complexity index is 1190. The minimum atomic E-state index is -1.26. The average molecular weight is 450 g/mol. The Kier molecular flexibility index (Phi) is 4.07. The van der Waals surface area contributed by atoms with Crippen molar-refractivity contribution >= 4 is 17.0 Å². The van der Waals surface area contributed by atoms with Crippen LogP contribution in [-0.2, 0) is 0 Å². The minimum absolute atomic E-state index is 0.0192. The number of carboxylic acid groups (broad SMARTS) is 1. The van der Waals surface area contributed by atoms with E-state index >= 15 is 0 Å². The molecule has 0 amide bonds. The minimum Gasteiger partial charge on any atom is -0.476 e. The fourth-order valence-corrected chi connectivity index (χ4v) is 9.26. The largest absolute Gasteiger partial charge is 0.476 e. The summed E-state index contributed by atoms with van der Waals surface area (Å²) in [7, 11) is 0. The smallest absolute Gasteiger partial charge is 0.360 e. The summed E-state index contributed by atoms with van der Waals surface area (Å²) in [6, 6.07) is 8.16. The summed E-state index contributed by atoms with van der Waals surface area (Å²) >= 11 is 0. The van der Waals surface area contributed by atoms with E-state index in [1.807, 2.05) is 18.2 Å². The lowest BCUT2D eigenvalue weighted by Crippen LogP contribution is -2.68. The van der Waals surface area contributed by atoms with E-state index in [2.05, 4.69) is 9.88 Å². The molecule has 4 saturated carbocycles. The molecule has 7 nitrogen and oxygen atoms in total. The predicted octanol–water partition coefficient (Wildman–Crippen LogP) is 3.35. The first-order valence-electron chi connectivity index (χ1n) is 12.6. The van der Waals surface area contributed by atoms with Crippen LogP contribution in [-0.4, -0.2) is 53.9 Å². The number of hydrogen-bond donors (Lipinski definition) is 2. The highest BCUT2D eigenvalue weighted by Gasteiger charge is 2.62. The molecule has 3 heterocycles. The van der Waals surface area contributed by atoms with Gasteiger partial charge in [0, 0.05) is 23.7 Å². The molecule has 3 unspecified atom stereocenters. The molecular formula is C26H31N3O4. The molecule has 0 spiro atoms. The first-order chi connectivity index (χ1) is 15.8. The van der Waals surface area contributed by atoms with Crippen LogP contribution in [0.5, 0.6) is 0 Å². The maximum absolute atomic E-state index is 13.3. The Morgan fingerprint density at radius 3 is 2.27 bits per heavy atom. The number of benzene rings is 1. The van der Waals surface area contributed by atoms with Crippen LogP contribution in [0.25, 0.3) is 11.0 Å². The molecule has 33 heavy (non-hydrogen) atoms. The van der Waals surface area contributed by atoms with Crippen LogP contribution in [0, 0.1) is 11.8 Å². The van der Waals surface area contributed by atoms with E-state index in [0.717, 1.165) is 50.5 Å². The van der Waals surface area contributed by atoms with Crippen LogP contribution < -0.4 is 5.56 Å². The van der Waals surface area contributed by atoms with Gasteiger partial charge in [-0.15, -0.1) is 0 Å². The predicted molar refractivity (Wildman–Crippen MR) is 122 cm³/mol. The number of fused-ring (bicyclic) bond motifs is 3. The highest BCUT2D eigenvalue weighted by Crippen LogP contribution is 2.62. The third-order valence-electron chi connectivity index (χ3n) is 9.62. The van der Waals surface area contributed by atoms with Gasteiger partial charge in [0.05, 0.1) is 16.6 Å². The van der Waals surface area contributed by atoms with Crippen molar-refractivity contribution in [1.82, 2.24) is 14.5 Å². The molecule has 1 aromatic carbocycles. The second-order valence-electron chi connectivity index (χ2n) is 11.8. The van der Waals surface area contributed by atoms with E-state index in [4.69, 9.17) is 0 Å². The lowest BCUT2D eigenvalue weighted by Gasteiger charge is -2.65. The Balaban J connectivity index is 1.27. The van der Waals surface area contributed by atoms with E-state index in [1.54, 1.807) is 10.6 Å². The molecule has 7 heteroatoms. The Morgan fingerprint density at radius 1 is 0.970 bits per heavy atom. The van der Waals surface area contributed by atoms with Crippen molar-refractivity contribution in [2.75, 3.05) is 0 Å². The van der Waals surface area contributed by atoms with Gasteiger partial charge in [-0.25, -0.2) is 9.78 Å². The molecule has 6 bridgehead atoms. The number of rotatable bonds is 3. The summed E-state index contributed by atoms with van der Waals surface area (Å²) in [5.41, 5.74) is 0.0688. The SMILES string of the molecule is O=C(O)c1nc2ccccc2n(C2C[C@H]3CC[C@@H](C2)N3C23C[C@@H]4C[C@@H](CC(O)(C4)C2)C3)c1=O. The van der Waals surface area contributed by atoms with Gasteiger partial charge in [0.1, 0.15) is 0 Å². The van der Waals surface area contributed by atoms with Gasteiger partial charge in [0.25, 0.3) is 5.56 Å². The highest BCUT2D eigenvalue weighted by molar-refractivity contribution is 5.88. The molecular weight excluding hydrogens is 418 g/mol. The monoisotopic (exact) mass is 449 g/mol. The van der Waals surface area contributed by atoms with E-state index in [1.165, 1.54) is 19.3 Å². The van der Waals surface area contributed by atoms with Gasteiger partial charge in [-0.05, 0) is 88.2 Å². The van der Waals surface area contributed by atoms with Crippen LogP contribution in [0.2, 0.25) is 0 Å². The van der Waals surface area contributed by atoms with E-state index < -0.39 is 17.1 Å². The third-order valence-corrected chi connectivity index (χ3v) is 9.62. The lowest BCUT2D eigenvalue weighted by atomic mass is 9.50. The molecule has 2 aromatic rings. The van der Waals surface area contributed by atoms with Crippen molar-refractivity contribution in [3.8, 4) is 0 Å².